The molecule has 3 aromatic rings. The maximum atomic E-state index is 13.0. The van der Waals surface area contributed by atoms with Crippen molar-refractivity contribution >= 4 is 57.6 Å². The van der Waals surface area contributed by atoms with Gasteiger partial charge in [-0.05, 0) is 48.5 Å². The summed E-state index contributed by atoms with van der Waals surface area (Å²) in [4.78, 5) is 15.0. The van der Waals surface area contributed by atoms with Crippen LogP contribution in [0, 0.1) is 0 Å². The molecule has 31 heavy (non-hydrogen) atoms. The van der Waals surface area contributed by atoms with E-state index in [1.54, 1.807) is 24.3 Å². The van der Waals surface area contributed by atoms with Crippen molar-refractivity contribution in [3.63, 3.8) is 0 Å². The average molecular weight is 468 g/mol. The van der Waals surface area contributed by atoms with Crippen molar-refractivity contribution in [1.29, 1.82) is 0 Å². The van der Waals surface area contributed by atoms with Gasteiger partial charge in [0, 0.05) is 10.6 Å². The number of hydrogen-bond donors (Lipinski definition) is 0. The van der Waals surface area contributed by atoms with Crippen molar-refractivity contribution in [3.8, 4) is 11.5 Å². The monoisotopic (exact) mass is 467 g/mol. The summed E-state index contributed by atoms with van der Waals surface area (Å²) < 4.78 is 12.1. The molecule has 0 aromatic heterocycles. The zero-order valence-corrected chi connectivity index (χ0v) is 18.8. The van der Waals surface area contributed by atoms with Gasteiger partial charge in [-0.2, -0.15) is 0 Å². The number of hydrogen-bond acceptors (Lipinski definition) is 5. The number of nitrogens with zero attached hydrogens (tertiary/aromatic N) is 1. The standard InChI is InChI=1S/C24H18ClNO3S2/c25-18-11-12-21(29-14-13-28-20-9-5-2-6-10-20)17(15-18)16-22-23(27)26(24(30)31-22)19-7-3-1-4-8-19/h1-12,15-16H,13-14H2/b22-16-. The third kappa shape index (κ3) is 5.28. The first kappa shape index (κ1) is 21.4. The van der Waals surface area contributed by atoms with E-state index >= 15 is 0 Å². The maximum Gasteiger partial charge on any atom is 0.270 e. The van der Waals surface area contributed by atoms with Gasteiger partial charge in [-0.3, -0.25) is 9.69 Å². The molecule has 0 saturated carbocycles. The Morgan fingerprint density at radius 2 is 1.61 bits per heavy atom. The minimum Gasteiger partial charge on any atom is -0.490 e. The molecule has 1 saturated heterocycles. The SMILES string of the molecule is O=C1/C(=C/c2cc(Cl)ccc2OCCOc2ccccc2)SC(=S)N1c1ccccc1. The van der Waals surface area contributed by atoms with Crippen LogP contribution >= 0.6 is 35.6 Å². The van der Waals surface area contributed by atoms with Crippen LogP contribution in [0.25, 0.3) is 6.08 Å². The molecule has 0 bridgehead atoms. The first-order valence-electron chi connectivity index (χ1n) is 9.55. The number of para-hydroxylation sites is 2. The first-order chi connectivity index (χ1) is 15.1. The fraction of sp³-hybridized carbons (Fsp3) is 0.0833. The highest BCUT2D eigenvalue weighted by Gasteiger charge is 2.33. The lowest BCUT2D eigenvalue weighted by Gasteiger charge is -2.14. The van der Waals surface area contributed by atoms with Crippen molar-refractivity contribution in [2.75, 3.05) is 18.1 Å². The van der Waals surface area contributed by atoms with Gasteiger partial charge in [-0.1, -0.05) is 72.0 Å². The fourth-order valence-electron chi connectivity index (χ4n) is 3.00. The van der Waals surface area contributed by atoms with Crippen LogP contribution < -0.4 is 14.4 Å². The van der Waals surface area contributed by atoms with Crippen LogP contribution in [-0.2, 0) is 4.79 Å². The van der Waals surface area contributed by atoms with E-state index < -0.39 is 0 Å². The van der Waals surface area contributed by atoms with Crippen molar-refractivity contribution in [1.82, 2.24) is 0 Å². The topological polar surface area (TPSA) is 38.8 Å². The Balaban J connectivity index is 1.49. The van der Waals surface area contributed by atoms with Crippen molar-refractivity contribution in [2.45, 2.75) is 0 Å². The summed E-state index contributed by atoms with van der Waals surface area (Å²) in [5.41, 5.74) is 1.45. The smallest absolute Gasteiger partial charge is 0.270 e. The molecule has 0 unspecified atom stereocenters. The second-order valence-corrected chi connectivity index (χ2v) is 8.66. The third-order valence-electron chi connectivity index (χ3n) is 4.42. The number of carbonyl (C=O) groups is 1. The molecule has 156 valence electrons. The molecule has 0 atom stereocenters. The zero-order chi connectivity index (χ0) is 21.6. The van der Waals surface area contributed by atoms with Crippen LogP contribution in [0.15, 0.2) is 83.8 Å². The van der Waals surface area contributed by atoms with E-state index in [0.29, 0.717) is 38.8 Å². The molecule has 1 amide bonds. The quantitative estimate of drug-likeness (QED) is 0.235. The molecular formula is C24H18ClNO3S2. The summed E-state index contributed by atoms with van der Waals surface area (Å²) in [5, 5.41) is 0.553. The van der Waals surface area contributed by atoms with Gasteiger partial charge in [-0.15, -0.1) is 0 Å². The Kier molecular flexibility index (Phi) is 6.92. The van der Waals surface area contributed by atoms with Gasteiger partial charge in [0.05, 0.1) is 10.6 Å². The lowest BCUT2D eigenvalue weighted by Crippen LogP contribution is -2.27. The van der Waals surface area contributed by atoms with E-state index in [2.05, 4.69) is 0 Å². The van der Waals surface area contributed by atoms with Crippen molar-refractivity contribution < 1.29 is 14.3 Å². The van der Waals surface area contributed by atoms with E-state index in [1.165, 1.54) is 16.7 Å². The zero-order valence-electron chi connectivity index (χ0n) is 16.4. The number of thiocarbonyl (C=S) groups is 1. The lowest BCUT2D eigenvalue weighted by molar-refractivity contribution is -0.113. The summed E-state index contributed by atoms with van der Waals surface area (Å²) in [7, 11) is 0. The molecule has 1 aliphatic rings. The molecule has 1 heterocycles. The number of amides is 1. The van der Waals surface area contributed by atoms with Crippen LogP contribution in [0.1, 0.15) is 5.56 Å². The van der Waals surface area contributed by atoms with Gasteiger partial charge in [-0.25, -0.2) is 0 Å². The average Bonchev–Trinajstić information content (AvgIpc) is 3.06. The predicted octanol–water partition coefficient (Wildman–Crippen LogP) is 6.20. The molecule has 1 aliphatic heterocycles. The molecular weight excluding hydrogens is 450 g/mol. The first-order valence-corrected chi connectivity index (χ1v) is 11.2. The minimum atomic E-state index is -0.167. The van der Waals surface area contributed by atoms with Crippen LogP contribution in [0.3, 0.4) is 0 Å². The number of rotatable bonds is 7. The Morgan fingerprint density at radius 3 is 2.35 bits per heavy atom. The van der Waals surface area contributed by atoms with Crippen LogP contribution in [0.2, 0.25) is 5.02 Å². The predicted molar refractivity (Wildman–Crippen MR) is 131 cm³/mol. The van der Waals surface area contributed by atoms with Gasteiger partial charge in [0.1, 0.15) is 24.7 Å². The molecule has 0 aliphatic carbocycles. The number of ether oxygens (including phenoxy) is 2. The highest BCUT2D eigenvalue weighted by molar-refractivity contribution is 8.27. The summed E-state index contributed by atoms with van der Waals surface area (Å²) in [6.07, 6.45) is 1.77. The molecule has 0 N–H and O–H groups in total. The highest BCUT2D eigenvalue weighted by Crippen LogP contribution is 2.37. The van der Waals surface area contributed by atoms with E-state index in [0.717, 1.165) is 11.4 Å². The second-order valence-electron chi connectivity index (χ2n) is 6.54. The molecule has 4 rings (SSSR count). The van der Waals surface area contributed by atoms with Gasteiger partial charge in [0.25, 0.3) is 5.91 Å². The summed E-state index contributed by atoms with van der Waals surface area (Å²) in [6, 6.07) is 24.2. The van der Waals surface area contributed by atoms with Gasteiger partial charge in [0.2, 0.25) is 0 Å². The van der Waals surface area contributed by atoms with E-state index in [4.69, 9.17) is 33.3 Å². The fourth-order valence-corrected chi connectivity index (χ4v) is 4.47. The minimum absolute atomic E-state index is 0.167. The number of benzene rings is 3. The van der Waals surface area contributed by atoms with E-state index in [-0.39, 0.29) is 5.91 Å². The molecule has 1 fully saturated rings. The molecule has 0 spiro atoms. The van der Waals surface area contributed by atoms with Crippen LogP contribution in [0.4, 0.5) is 5.69 Å². The van der Waals surface area contributed by atoms with Crippen LogP contribution in [0.5, 0.6) is 11.5 Å². The Morgan fingerprint density at radius 1 is 0.935 bits per heavy atom. The second kappa shape index (κ2) is 10.0. The lowest BCUT2D eigenvalue weighted by atomic mass is 10.1. The van der Waals surface area contributed by atoms with E-state index in [9.17, 15) is 4.79 Å². The Hall–Kier alpha value is -2.80. The number of halogens is 1. The van der Waals surface area contributed by atoms with Gasteiger partial charge in [0.15, 0.2) is 4.32 Å². The van der Waals surface area contributed by atoms with Crippen molar-refractivity contribution in [2.24, 2.45) is 0 Å². The highest BCUT2D eigenvalue weighted by atomic mass is 35.5. The van der Waals surface area contributed by atoms with Gasteiger partial charge < -0.3 is 9.47 Å². The summed E-state index contributed by atoms with van der Waals surface area (Å²) in [5.74, 6) is 1.23. The third-order valence-corrected chi connectivity index (χ3v) is 5.96. The Bertz CT molecular complexity index is 1120. The Labute approximate surface area is 195 Å². The number of carbonyl (C=O) groups excluding carboxylic acids is 1. The molecule has 0 radical (unpaired) electrons. The van der Waals surface area contributed by atoms with Crippen molar-refractivity contribution in [3.05, 3.63) is 94.4 Å². The van der Waals surface area contributed by atoms with E-state index in [1.807, 2.05) is 60.7 Å². The summed E-state index contributed by atoms with van der Waals surface area (Å²) >= 11 is 12.9. The number of anilines is 1. The van der Waals surface area contributed by atoms with Crippen LogP contribution in [-0.4, -0.2) is 23.4 Å². The normalized spacial score (nSPS) is 14.9. The molecule has 7 heteroatoms. The molecule has 4 nitrogen and oxygen atoms in total. The summed E-state index contributed by atoms with van der Waals surface area (Å²) in [6.45, 7) is 0.741. The molecule has 3 aromatic carbocycles. The maximum absolute atomic E-state index is 13.0. The largest absolute Gasteiger partial charge is 0.490 e. The number of thioether (sulfide) groups is 1. The van der Waals surface area contributed by atoms with Gasteiger partial charge >= 0.3 is 0 Å².